The van der Waals surface area contributed by atoms with Gasteiger partial charge in [0.1, 0.15) is 0 Å². The highest BCUT2D eigenvalue weighted by molar-refractivity contribution is 5.81. The first-order valence-electron chi connectivity index (χ1n) is 4.62. The average Bonchev–Trinajstić information content (AvgIpc) is 2.57. The summed E-state index contributed by atoms with van der Waals surface area (Å²) in [5.41, 5.74) is 0. The molecule has 1 rings (SSSR count). The van der Waals surface area contributed by atoms with Crippen molar-refractivity contribution in [1.82, 2.24) is 0 Å². The molecule has 0 aromatic carbocycles. The summed E-state index contributed by atoms with van der Waals surface area (Å²) in [6.07, 6.45) is 7.56. The summed E-state index contributed by atoms with van der Waals surface area (Å²) in [5.74, 6) is 0.496. The van der Waals surface area contributed by atoms with Gasteiger partial charge in [0.25, 0.3) is 0 Å². The van der Waals surface area contributed by atoms with E-state index in [4.69, 9.17) is 4.74 Å². The number of hydrogen-bond acceptors (Lipinski definition) is 2. The SMILES string of the molecule is C=CC(=O)OCCC1CCCC1. The van der Waals surface area contributed by atoms with Gasteiger partial charge in [-0.3, -0.25) is 0 Å². The second-order valence-corrected chi connectivity index (χ2v) is 3.31. The van der Waals surface area contributed by atoms with Crippen LogP contribution in [0.15, 0.2) is 12.7 Å². The Morgan fingerprint density at radius 3 is 2.75 bits per heavy atom. The number of carbonyl (C=O) groups is 1. The maximum Gasteiger partial charge on any atom is 0.330 e. The quantitative estimate of drug-likeness (QED) is 0.475. The fourth-order valence-electron chi connectivity index (χ4n) is 1.68. The third-order valence-electron chi connectivity index (χ3n) is 2.41. The molecule has 68 valence electrons. The highest BCUT2D eigenvalue weighted by atomic mass is 16.5. The summed E-state index contributed by atoms with van der Waals surface area (Å²) in [6.45, 7) is 3.90. The Hall–Kier alpha value is -0.790. The van der Waals surface area contributed by atoms with Crippen molar-refractivity contribution in [3.63, 3.8) is 0 Å². The number of hydrogen-bond donors (Lipinski definition) is 0. The van der Waals surface area contributed by atoms with Gasteiger partial charge in [-0.2, -0.15) is 0 Å². The van der Waals surface area contributed by atoms with E-state index in [9.17, 15) is 4.79 Å². The summed E-state index contributed by atoms with van der Waals surface area (Å²) < 4.78 is 4.90. The topological polar surface area (TPSA) is 26.3 Å². The minimum absolute atomic E-state index is 0.298. The van der Waals surface area contributed by atoms with Crippen LogP contribution in [0.3, 0.4) is 0 Å². The molecule has 0 N–H and O–H groups in total. The van der Waals surface area contributed by atoms with Crippen LogP contribution in [0.4, 0.5) is 0 Å². The molecule has 0 bridgehead atoms. The predicted molar refractivity (Wildman–Crippen MR) is 47.7 cm³/mol. The maximum atomic E-state index is 10.6. The fourth-order valence-corrected chi connectivity index (χ4v) is 1.68. The monoisotopic (exact) mass is 168 g/mol. The van der Waals surface area contributed by atoms with E-state index in [1.807, 2.05) is 0 Å². The lowest BCUT2D eigenvalue weighted by atomic mass is 10.1. The zero-order valence-electron chi connectivity index (χ0n) is 7.42. The molecule has 1 aliphatic carbocycles. The van der Waals surface area contributed by atoms with Crippen molar-refractivity contribution in [3.05, 3.63) is 12.7 Å². The van der Waals surface area contributed by atoms with Crippen LogP contribution >= 0.6 is 0 Å². The molecule has 0 unspecified atom stereocenters. The van der Waals surface area contributed by atoms with Crippen LogP contribution in [0.1, 0.15) is 32.1 Å². The van der Waals surface area contributed by atoms with Gasteiger partial charge in [-0.1, -0.05) is 32.3 Å². The molecule has 2 nitrogen and oxygen atoms in total. The van der Waals surface area contributed by atoms with Crippen molar-refractivity contribution in [2.45, 2.75) is 32.1 Å². The molecule has 1 aliphatic rings. The number of rotatable bonds is 4. The highest BCUT2D eigenvalue weighted by Crippen LogP contribution is 2.27. The summed E-state index contributed by atoms with van der Waals surface area (Å²) in [7, 11) is 0. The maximum absolute atomic E-state index is 10.6. The second kappa shape index (κ2) is 4.96. The zero-order valence-corrected chi connectivity index (χ0v) is 7.42. The summed E-state index contributed by atoms with van der Waals surface area (Å²) in [6, 6.07) is 0. The predicted octanol–water partition coefficient (Wildman–Crippen LogP) is 2.30. The molecule has 0 aromatic heterocycles. The number of carbonyl (C=O) groups excluding carboxylic acids is 1. The van der Waals surface area contributed by atoms with E-state index in [1.54, 1.807) is 0 Å². The molecule has 0 radical (unpaired) electrons. The first-order chi connectivity index (χ1) is 5.83. The largest absolute Gasteiger partial charge is 0.463 e. The van der Waals surface area contributed by atoms with Gasteiger partial charge in [0.15, 0.2) is 0 Å². The second-order valence-electron chi connectivity index (χ2n) is 3.31. The van der Waals surface area contributed by atoms with Gasteiger partial charge in [0.05, 0.1) is 6.61 Å². The van der Waals surface area contributed by atoms with Gasteiger partial charge < -0.3 is 4.74 Å². The highest BCUT2D eigenvalue weighted by Gasteiger charge is 2.14. The van der Waals surface area contributed by atoms with Gasteiger partial charge in [-0.05, 0) is 12.3 Å². The Balaban J connectivity index is 2.01. The molecule has 1 fully saturated rings. The summed E-state index contributed by atoms with van der Waals surface area (Å²) in [4.78, 5) is 10.6. The number of esters is 1. The van der Waals surface area contributed by atoms with Crippen molar-refractivity contribution in [3.8, 4) is 0 Å². The van der Waals surface area contributed by atoms with E-state index in [2.05, 4.69) is 6.58 Å². The van der Waals surface area contributed by atoms with E-state index < -0.39 is 0 Å². The minimum atomic E-state index is -0.298. The third-order valence-corrected chi connectivity index (χ3v) is 2.41. The Morgan fingerprint density at radius 1 is 1.50 bits per heavy atom. The molecule has 2 heteroatoms. The molecule has 0 atom stereocenters. The molecule has 1 saturated carbocycles. The molecule has 0 saturated heterocycles. The molecule has 0 aromatic rings. The molecular weight excluding hydrogens is 152 g/mol. The van der Waals surface area contributed by atoms with Crippen LogP contribution in [0.5, 0.6) is 0 Å². The van der Waals surface area contributed by atoms with Crippen molar-refractivity contribution < 1.29 is 9.53 Å². The van der Waals surface area contributed by atoms with Gasteiger partial charge in [-0.25, -0.2) is 4.79 Å². The lowest BCUT2D eigenvalue weighted by Crippen LogP contribution is -2.05. The third kappa shape index (κ3) is 3.07. The minimum Gasteiger partial charge on any atom is -0.463 e. The number of ether oxygens (including phenoxy) is 1. The van der Waals surface area contributed by atoms with Crippen LogP contribution in [0.25, 0.3) is 0 Å². The first kappa shape index (κ1) is 9.30. The van der Waals surface area contributed by atoms with E-state index in [1.165, 1.54) is 31.8 Å². The van der Waals surface area contributed by atoms with Crippen molar-refractivity contribution in [2.75, 3.05) is 6.61 Å². The van der Waals surface area contributed by atoms with Gasteiger partial charge >= 0.3 is 5.97 Å². The molecule has 0 aliphatic heterocycles. The van der Waals surface area contributed by atoms with Crippen LogP contribution in [0, 0.1) is 5.92 Å². The van der Waals surface area contributed by atoms with E-state index in [0.717, 1.165) is 12.3 Å². The standard InChI is InChI=1S/C10H16O2/c1-2-10(11)12-8-7-9-5-3-4-6-9/h2,9H,1,3-8H2. The molecule has 0 amide bonds. The van der Waals surface area contributed by atoms with Gasteiger partial charge in [0, 0.05) is 6.08 Å². The normalized spacial score (nSPS) is 17.7. The van der Waals surface area contributed by atoms with Gasteiger partial charge in [0.2, 0.25) is 0 Å². The molecular formula is C10H16O2. The summed E-state index contributed by atoms with van der Waals surface area (Å²) in [5, 5.41) is 0. The Kier molecular flexibility index (Phi) is 3.85. The smallest absolute Gasteiger partial charge is 0.330 e. The van der Waals surface area contributed by atoms with Crippen molar-refractivity contribution in [1.29, 1.82) is 0 Å². The van der Waals surface area contributed by atoms with E-state index >= 15 is 0 Å². The lowest BCUT2D eigenvalue weighted by molar-refractivity contribution is -0.138. The van der Waals surface area contributed by atoms with Gasteiger partial charge in [-0.15, -0.1) is 0 Å². The molecule has 0 heterocycles. The van der Waals surface area contributed by atoms with Crippen LogP contribution in [-0.2, 0) is 9.53 Å². The Labute approximate surface area is 73.6 Å². The lowest BCUT2D eigenvalue weighted by Gasteiger charge is -2.07. The Bertz CT molecular complexity index is 157. The van der Waals surface area contributed by atoms with E-state index in [0.29, 0.717) is 6.61 Å². The Morgan fingerprint density at radius 2 is 2.17 bits per heavy atom. The first-order valence-corrected chi connectivity index (χ1v) is 4.62. The van der Waals surface area contributed by atoms with Crippen LogP contribution < -0.4 is 0 Å². The van der Waals surface area contributed by atoms with Crippen molar-refractivity contribution in [2.24, 2.45) is 5.92 Å². The van der Waals surface area contributed by atoms with Crippen LogP contribution in [-0.4, -0.2) is 12.6 Å². The van der Waals surface area contributed by atoms with Crippen LogP contribution in [0.2, 0.25) is 0 Å². The van der Waals surface area contributed by atoms with Crippen molar-refractivity contribution >= 4 is 5.97 Å². The zero-order chi connectivity index (χ0) is 8.81. The summed E-state index contributed by atoms with van der Waals surface area (Å²) >= 11 is 0. The fraction of sp³-hybridized carbons (Fsp3) is 0.700. The molecule has 0 spiro atoms. The molecule has 12 heavy (non-hydrogen) atoms. The van der Waals surface area contributed by atoms with E-state index in [-0.39, 0.29) is 5.97 Å². The average molecular weight is 168 g/mol.